The molecular formula is C17H16N6OS. The molecule has 1 saturated heterocycles. The van der Waals surface area contributed by atoms with E-state index in [0.717, 1.165) is 18.7 Å². The van der Waals surface area contributed by atoms with Crippen LogP contribution in [0.3, 0.4) is 0 Å². The van der Waals surface area contributed by atoms with Crippen molar-refractivity contribution in [2.75, 3.05) is 11.9 Å². The van der Waals surface area contributed by atoms with Crippen LogP contribution < -0.4 is 16.2 Å². The Morgan fingerprint density at radius 1 is 1.20 bits per heavy atom. The van der Waals surface area contributed by atoms with E-state index in [2.05, 4.69) is 31.1 Å². The molecule has 3 heterocycles. The van der Waals surface area contributed by atoms with Crippen molar-refractivity contribution in [2.45, 2.75) is 12.5 Å². The Hall–Kier alpha value is -2.68. The molecule has 3 N–H and O–H groups in total. The van der Waals surface area contributed by atoms with Gasteiger partial charge in [-0.25, -0.2) is 15.0 Å². The standard InChI is InChI=1S/C17H16N6OS/c24-16(14-10-25-17(22-14)15-18-7-1-8-19-15)21-12-4-2-11(3-5-12)13-6-9-20-23-13/h1-5,7-8,10,13,20,23H,6,9H2,(H,21,24). The molecule has 1 aliphatic heterocycles. The van der Waals surface area contributed by atoms with Crippen molar-refractivity contribution in [3.8, 4) is 10.8 Å². The monoisotopic (exact) mass is 352 g/mol. The lowest BCUT2D eigenvalue weighted by Crippen LogP contribution is -2.24. The number of thiazole rings is 1. The smallest absolute Gasteiger partial charge is 0.275 e. The molecule has 8 heteroatoms. The van der Waals surface area contributed by atoms with Crippen LogP contribution in [0, 0.1) is 0 Å². The summed E-state index contributed by atoms with van der Waals surface area (Å²) in [6.07, 6.45) is 4.36. The number of hydrogen-bond donors (Lipinski definition) is 3. The van der Waals surface area contributed by atoms with Crippen molar-refractivity contribution in [1.29, 1.82) is 0 Å². The lowest BCUT2D eigenvalue weighted by atomic mass is 10.1. The Bertz CT molecular complexity index is 858. The number of nitrogens with zero attached hydrogens (tertiary/aromatic N) is 3. The van der Waals surface area contributed by atoms with Crippen molar-refractivity contribution >= 4 is 22.9 Å². The Morgan fingerprint density at radius 2 is 2.00 bits per heavy atom. The normalized spacial score (nSPS) is 16.7. The van der Waals surface area contributed by atoms with Gasteiger partial charge in [-0.2, -0.15) is 0 Å². The molecule has 3 aromatic rings. The van der Waals surface area contributed by atoms with E-state index in [0.29, 0.717) is 22.6 Å². The third-order valence-electron chi connectivity index (χ3n) is 3.90. The number of hydrogen-bond acceptors (Lipinski definition) is 7. The summed E-state index contributed by atoms with van der Waals surface area (Å²) in [5.41, 5.74) is 8.63. The molecule has 0 spiro atoms. The van der Waals surface area contributed by atoms with Crippen LogP contribution in [0.5, 0.6) is 0 Å². The van der Waals surface area contributed by atoms with E-state index >= 15 is 0 Å². The van der Waals surface area contributed by atoms with Gasteiger partial charge in [-0.3, -0.25) is 15.6 Å². The van der Waals surface area contributed by atoms with Crippen molar-refractivity contribution in [3.63, 3.8) is 0 Å². The molecule has 1 aliphatic rings. The highest BCUT2D eigenvalue weighted by atomic mass is 32.1. The minimum Gasteiger partial charge on any atom is -0.321 e. The number of amides is 1. The molecule has 1 fully saturated rings. The number of benzene rings is 1. The number of aromatic nitrogens is 3. The number of carbonyl (C=O) groups is 1. The summed E-state index contributed by atoms with van der Waals surface area (Å²) in [5.74, 6) is 0.278. The van der Waals surface area contributed by atoms with E-state index in [1.807, 2.05) is 24.3 Å². The van der Waals surface area contributed by atoms with Crippen LogP contribution in [-0.2, 0) is 0 Å². The van der Waals surface area contributed by atoms with Gasteiger partial charge in [0.25, 0.3) is 5.91 Å². The lowest BCUT2D eigenvalue weighted by Gasteiger charge is -2.10. The van der Waals surface area contributed by atoms with Crippen LogP contribution in [0.1, 0.15) is 28.5 Å². The molecule has 1 aromatic carbocycles. The maximum absolute atomic E-state index is 12.4. The highest BCUT2D eigenvalue weighted by Crippen LogP contribution is 2.22. The molecule has 0 radical (unpaired) electrons. The SMILES string of the molecule is O=C(Nc1ccc(C2CCNN2)cc1)c1csc(-c2ncccn2)n1. The summed E-state index contributed by atoms with van der Waals surface area (Å²) in [7, 11) is 0. The molecule has 1 atom stereocenters. The first-order chi connectivity index (χ1) is 12.3. The fourth-order valence-electron chi connectivity index (χ4n) is 2.62. The molecule has 4 rings (SSSR count). The number of nitrogens with one attached hydrogen (secondary N) is 3. The molecule has 0 saturated carbocycles. The second-order valence-corrected chi connectivity index (χ2v) is 6.46. The topological polar surface area (TPSA) is 91.8 Å². The first kappa shape index (κ1) is 15.8. The molecule has 25 heavy (non-hydrogen) atoms. The Morgan fingerprint density at radius 3 is 2.72 bits per heavy atom. The van der Waals surface area contributed by atoms with E-state index in [4.69, 9.17) is 0 Å². The minimum atomic E-state index is -0.244. The van der Waals surface area contributed by atoms with Crippen LogP contribution in [-0.4, -0.2) is 27.4 Å². The van der Waals surface area contributed by atoms with Crippen molar-refractivity contribution in [1.82, 2.24) is 25.8 Å². The van der Waals surface area contributed by atoms with Crippen molar-refractivity contribution in [3.05, 3.63) is 59.4 Å². The molecule has 126 valence electrons. The van der Waals surface area contributed by atoms with Gasteiger partial charge in [-0.15, -0.1) is 11.3 Å². The van der Waals surface area contributed by atoms with Crippen LogP contribution in [0.25, 0.3) is 10.8 Å². The van der Waals surface area contributed by atoms with Crippen LogP contribution in [0.4, 0.5) is 5.69 Å². The van der Waals surface area contributed by atoms with E-state index in [1.54, 1.807) is 23.8 Å². The highest BCUT2D eigenvalue weighted by molar-refractivity contribution is 7.13. The molecule has 7 nitrogen and oxygen atoms in total. The average Bonchev–Trinajstić information content (AvgIpc) is 3.35. The first-order valence-electron chi connectivity index (χ1n) is 7.92. The van der Waals surface area contributed by atoms with E-state index in [-0.39, 0.29) is 5.91 Å². The van der Waals surface area contributed by atoms with Gasteiger partial charge < -0.3 is 5.32 Å². The summed E-state index contributed by atoms with van der Waals surface area (Å²) in [5, 5.41) is 5.21. The fourth-order valence-corrected chi connectivity index (χ4v) is 3.36. The molecule has 2 aromatic heterocycles. The van der Waals surface area contributed by atoms with Gasteiger partial charge in [0.2, 0.25) is 0 Å². The third kappa shape index (κ3) is 3.55. The number of anilines is 1. The van der Waals surface area contributed by atoms with Crippen LogP contribution >= 0.6 is 11.3 Å². The van der Waals surface area contributed by atoms with Gasteiger partial charge in [0.1, 0.15) is 5.69 Å². The molecule has 0 aliphatic carbocycles. The van der Waals surface area contributed by atoms with E-state index in [1.165, 1.54) is 16.9 Å². The summed E-state index contributed by atoms with van der Waals surface area (Å²) < 4.78 is 0. The van der Waals surface area contributed by atoms with E-state index in [9.17, 15) is 4.79 Å². The molecule has 1 amide bonds. The summed E-state index contributed by atoms with van der Waals surface area (Å²) >= 11 is 1.35. The minimum absolute atomic E-state index is 0.244. The van der Waals surface area contributed by atoms with Gasteiger partial charge in [0.05, 0.1) is 0 Å². The number of rotatable bonds is 4. The maximum Gasteiger partial charge on any atom is 0.275 e. The van der Waals surface area contributed by atoms with E-state index < -0.39 is 0 Å². The van der Waals surface area contributed by atoms with Crippen molar-refractivity contribution < 1.29 is 4.79 Å². The average molecular weight is 352 g/mol. The van der Waals surface area contributed by atoms with Gasteiger partial charge in [0, 0.05) is 36.0 Å². The van der Waals surface area contributed by atoms with Gasteiger partial charge in [-0.1, -0.05) is 12.1 Å². The highest BCUT2D eigenvalue weighted by Gasteiger charge is 2.16. The second-order valence-electron chi connectivity index (χ2n) is 5.60. The third-order valence-corrected chi connectivity index (χ3v) is 4.74. The Labute approximate surface area is 148 Å². The van der Waals surface area contributed by atoms with Crippen LogP contribution in [0.2, 0.25) is 0 Å². The zero-order valence-electron chi connectivity index (χ0n) is 13.3. The van der Waals surface area contributed by atoms with Gasteiger partial charge in [0.15, 0.2) is 10.8 Å². The largest absolute Gasteiger partial charge is 0.321 e. The first-order valence-corrected chi connectivity index (χ1v) is 8.80. The summed E-state index contributed by atoms with van der Waals surface area (Å²) in [4.78, 5) is 25.0. The molecule has 0 bridgehead atoms. The second kappa shape index (κ2) is 7.06. The number of carbonyl (C=O) groups excluding carboxylic acids is 1. The Balaban J connectivity index is 1.44. The summed E-state index contributed by atoms with van der Waals surface area (Å²) in [6, 6.07) is 9.90. The fraction of sp³-hybridized carbons (Fsp3) is 0.176. The predicted octanol–water partition coefficient (Wildman–Crippen LogP) is 2.39. The predicted molar refractivity (Wildman–Crippen MR) is 96.0 cm³/mol. The van der Waals surface area contributed by atoms with Gasteiger partial charge >= 0.3 is 0 Å². The maximum atomic E-state index is 12.4. The number of hydrazine groups is 1. The quantitative estimate of drug-likeness (QED) is 0.668. The molecular weight excluding hydrogens is 336 g/mol. The molecule has 1 unspecified atom stereocenters. The van der Waals surface area contributed by atoms with Gasteiger partial charge in [-0.05, 0) is 30.2 Å². The lowest BCUT2D eigenvalue weighted by molar-refractivity contribution is 0.102. The zero-order valence-corrected chi connectivity index (χ0v) is 14.1. The zero-order chi connectivity index (χ0) is 17.1. The Kier molecular flexibility index (Phi) is 4.47. The van der Waals surface area contributed by atoms with Crippen molar-refractivity contribution in [2.24, 2.45) is 0 Å². The summed E-state index contributed by atoms with van der Waals surface area (Å²) in [6.45, 7) is 0.959. The van der Waals surface area contributed by atoms with Crippen LogP contribution in [0.15, 0.2) is 48.1 Å².